The van der Waals surface area contributed by atoms with Gasteiger partial charge in [0, 0.05) is 49.1 Å². The van der Waals surface area contributed by atoms with Crippen molar-refractivity contribution in [2.24, 2.45) is 5.92 Å². The van der Waals surface area contributed by atoms with Gasteiger partial charge in [0.25, 0.3) is 11.8 Å². The Balaban J connectivity index is 1.15. The zero-order valence-corrected chi connectivity index (χ0v) is 19.0. The number of nitrogens with one attached hydrogen (secondary N) is 2. The summed E-state index contributed by atoms with van der Waals surface area (Å²) < 4.78 is 0. The fraction of sp³-hybridized carbons (Fsp3) is 0.417. The number of aryl methyl sites for hydroxylation is 1. The van der Waals surface area contributed by atoms with Gasteiger partial charge in [0.05, 0.1) is 10.9 Å². The normalized spacial score (nSPS) is 19.4. The van der Waals surface area contributed by atoms with Gasteiger partial charge in [-0.15, -0.1) is 0 Å². The van der Waals surface area contributed by atoms with Crippen LogP contribution < -0.4 is 0 Å². The summed E-state index contributed by atoms with van der Waals surface area (Å²) in [7, 11) is 0. The highest BCUT2D eigenvalue weighted by Crippen LogP contribution is 2.33. The van der Waals surface area contributed by atoms with Crippen LogP contribution in [0.5, 0.6) is 0 Å². The standard InChI is InChI=1S/C24H26N8O2/c1-14-18-11-16(12-26-22(18)30-29-14)23(33)31-9-5-15(6-10-31)19-3-2-8-32(19)24(34)20-17-4-7-25-21(17)28-13-27-20/h4,7,11-13,15,19H,2-3,5-6,8-10H2,1H3,(H,25,27,28)(H,26,29,30). The largest absolute Gasteiger partial charge is 0.346 e. The Morgan fingerprint density at radius 1 is 1.03 bits per heavy atom. The van der Waals surface area contributed by atoms with Gasteiger partial charge in [0.2, 0.25) is 0 Å². The molecule has 2 amide bonds. The minimum atomic E-state index is -0.0251. The quantitative estimate of drug-likeness (QED) is 0.486. The first-order valence-corrected chi connectivity index (χ1v) is 11.8. The van der Waals surface area contributed by atoms with Crippen molar-refractivity contribution in [2.45, 2.75) is 38.6 Å². The fourth-order valence-electron chi connectivity index (χ4n) is 5.52. The van der Waals surface area contributed by atoms with Crippen LogP contribution in [-0.2, 0) is 0 Å². The topological polar surface area (TPSA) is 124 Å². The second kappa shape index (κ2) is 8.19. The minimum absolute atomic E-state index is 0.00337. The molecule has 0 saturated carbocycles. The molecule has 6 heterocycles. The van der Waals surface area contributed by atoms with Crippen molar-refractivity contribution in [3.8, 4) is 0 Å². The molecule has 0 spiro atoms. The molecule has 4 aromatic heterocycles. The molecule has 34 heavy (non-hydrogen) atoms. The average molecular weight is 459 g/mol. The molecule has 10 heteroatoms. The molecule has 10 nitrogen and oxygen atoms in total. The van der Waals surface area contributed by atoms with Crippen molar-refractivity contribution in [3.63, 3.8) is 0 Å². The molecule has 1 atom stereocenters. The number of piperidine rings is 1. The highest BCUT2D eigenvalue weighted by molar-refractivity contribution is 6.03. The van der Waals surface area contributed by atoms with Crippen molar-refractivity contribution in [3.05, 3.63) is 47.8 Å². The van der Waals surface area contributed by atoms with Gasteiger partial charge in [-0.2, -0.15) is 5.10 Å². The number of carbonyl (C=O) groups is 2. The highest BCUT2D eigenvalue weighted by Gasteiger charge is 2.38. The summed E-state index contributed by atoms with van der Waals surface area (Å²) in [6.45, 7) is 4.03. The molecule has 0 aromatic carbocycles. The first-order valence-electron chi connectivity index (χ1n) is 11.8. The molecule has 2 fully saturated rings. The van der Waals surface area contributed by atoms with E-state index in [0.29, 0.717) is 41.6 Å². The molecule has 6 rings (SSSR count). The first-order chi connectivity index (χ1) is 16.6. The average Bonchev–Trinajstić information content (AvgIpc) is 3.63. The lowest BCUT2D eigenvalue weighted by atomic mass is 9.87. The third kappa shape index (κ3) is 3.41. The SMILES string of the molecule is Cc1[nH]nc2ncc(C(=O)N3CCC(C4CCCN4C(=O)c4ncnc5[nH]ccc45)CC3)cc12. The maximum Gasteiger partial charge on any atom is 0.273 e. The Morgan fingerprint density at radius 2 is 1.88 bits per heavy atom. The van der Waals surface area contributed by atoms with E-state index in [1.54, 1.807) is 12.4 Å². The van der Waals surface area contributed by atoms with Crippen LogP contribution in [0, 0.1) is 12.8 Å². The number of likely N-dealkylation sites (tertiary alicyclic amines) is 2. The van der Waals surface area contributed by atoms with Gasteiger partial charge in [-0.05, 0) is 50.7 Å². The lowest BCUT2D eigenvalue weighted by Crippen LogP contribution is -2.46. The van der Waals surface area contributed by atoms with E-state index in [1.807, 2.05) is 28.9 Å². The van der Waals surface area contributed by atoms with E-state index in [0.717, 1.165) is 48.7 Å². The number of H-pyrrole nitrogens is 2. The van der Waals surface area contributed by atoms with E-state index >= 15 is 0 Å². The molecule has 1 unspecified atom stereocenters. The second-order valence-corrected chi connectivity index (χ2v) is 9.24. The van der Waals surface area contributed by atoms with Crippen LogP contribution in [0.3, 0.4) is 0 Å². The molecular formula is C24H26N8O2. The van der Waals surface area contributed by atoms with Gasteiger partial charge in [0.15, 0.2) is 5.65 Å². The van der Waals surface area contributed by atoms with Crippen LogP contribution in [0.1, 0.15) is 52.2 Å². The molecule has 2 aliphatic rings. The lowest BCUT2D eigenvalue weighted by Gasteiger charge is -2.38. The molecule has 0 bridgehead atoms. The van der Waals surface area contributed by atoms with Crippen LogP contribution in [-0.4, -0.2) is 77.4 Å². The summed E-state index contributed by atoms with van der Waals surface area (Å²) in [4.78, 5) is 46.3. The van der Waals surface area contributed by atoms with E-state index in [1.165, 1.54) is 6.33 Å². The van der Waals surface area contributed by atoms with Crippen LogP contribution >= 0.6 is 0 Å². The third-order valence-corrected chi connectivity index (χ3v) is 7.33. The zero-order chi connectivity index (χ0) is 23.2. The minimum Gasteiger partial charge on any atom is -0.346 e. The number of hydrogen-bond acceptors (Lipinski definition) is 6. The Hall–Kier alpha value is -3.82. The molecule has 2 saturated heterocycles. The van der Waals surface area contributed by atoms with Gasteiger partial charge >= 0.3 is 0 Å². The Morgan fingerprint density at radius 3 is 2.74 bits per heavy atom. The van der Waals surface area contributed by atoms with Crippen molar-refractivity contribution in [2.75, 3.05) is 19.6 Å². The van der Waals surface area contributed by atoms with Crippen LogP contribution in [0.2, 0.25) is 0 Å². The summed E-state index contributed by atoms with van der Waals surface area (Å²) in [6.07, 6.45) is 8.58. The van der Waals surface area contributed by atoms with Gasteiger partial charge in [-0.25, -0.2) is 15.0 Å². The molecule has 174 valence electrons. The van der Waals surface area contributed by atoms with E-state index < -0.39 is 0 Å². The van der Waals surface area contributed by atoms with Gasteiger partial charge in [0.1, 0.15) is 17.7 Å². The number of rotatable bonds is 3. The van der Waals surface area contributed by atoms with Crippen molar-refractivity contribution in [1.82, 2.24) is 39.9 Å². The van der Waals surface area contributed by atoms with Crippen LogP contribution in [0.15, 0.2) is 30.9 Å². The monoisotopic (exact) mass is 458 g/mol. The van der Waals surface area contributed by atoms with Crippen molar-refractivity contribution < 1.29 is 9.59 Å². The predicted octanol–water partition coefficient (Wildman–Crippen LogP) is 2.69. The van der Waals surface area contributed by atoms with Crippen molar-refractivity contribution >= 4 is 33.9 Å². The maximum absolute atomic E-state index is 13.4. The maximum atomic E-state index is 13.4. The summed E-state index contributed by atoms with van der Waals surface area (Å²) in [5, 5.41) is 8.69. The molecule has 2 aliphatic heterocycles. The highest BCUT2D eigenvalue weighted by atomic mass is 16.2. The molecule has 4 aromatic rings. The summed E-state index contributed by atoms with van der Waals surface area (Å²) >= 11 is 0. The lowest BCUT2D eigenvalue weighted by molar-refractivity contribution is 0.0543. The van der Waals surface area contributed by atoms with E-state index in [9.17, 15) is 9.59 Å². The predicted molar refractivity (Wildman–Crippen MR) is 125 cm³/mol. The van der Waals surface area contributed by atoms with Gasteiger partial charge < -0.3 is 14.8 Å². The number of nitrogens with zero attached hydrogens (tertiary/aromatic N) is 6. The number of aromatic amines is 2. The molecular weight excluding hydrogens is 432 g/mol. The molecule has 2 N–H and O–H groups in total. The Labute approximate surface area is 195 Å². The van der Waals surface area contributed by atoms with E-state index in [-0.39, 0.29) is 17.9 Å². The van der Waals surface area contributed by atoms with E-state index in [4.69, 9.17) is 0 Å². The Bertz CT molecular complexity index is 1380. The summed E-state index contributed by atoms with van der Waals surface area (Å²) in [6, 6.07) is 3.91. The van der Waals surface area contributed by atoms with Gasteiger partial charge in [-0.1, -0.05) is 0 Å². The number of fused-ring (bicyclic) bond motifs is 2. The van der Waals surface area contributed by atoms with Crippen molar-refractivity contribution in [1.29, 1.82) is 0 Å². The number of carbonyl (C=O) groups excluding carboxylic acids is 2. The summed E-state index contributed by atoms with van der Waals surface area (Å²) in [5.41, 5.74) is 3.26. The zero-order valence-electron chi connectivity index (χ0n) is 19.0. The number of pyridine rings is 1. The number of aromatic nitrogens is 6. The third-order valence-electron chi connectivity index (χ3n) is 7.33. The molecule has 0 aliphatic carbocycles. The van der Waals surface area contributed by atoms with Gasteiger partial charge in [-0.3, -0.25) is 14.7 Å². The Kier molecular flexibility index (Phi) is 5.00. The summed E-state index contributed by atoms with van der Waals surface area (Å²) in [5.74, 6) is 0.349. The number of amides is 2. The number of hydrogen-bond donors (Lipinski definition) is 2. The van der Waals surface area contributed by atoms with Crippen LogP contribution in [0.4, 0.5) is 0 Å². The first kappa shape index (κ1) is 20.8. The smallest absolute Gasteiger partial charge is 0.273 e. The fourth-order valence-corrected chi connectivity index (χ4v) is 5.52. The second-order valence-electron chi connectivity index (χ2n) is 9.24. The molecule has 0 radical (unpaired) electrons. The van der Waals surface area contributed by atoms with E-state index in [2.05, 4.69) is 30.1 Å². The van der Waals surface area contributed by atoms with Crippen LogP contribution in [0.25, 0.3) is 22.1 Å².